The van der Waals surface area contributed by atoms with Gasteiger partial charge in [-0.25, -0.2) is 0 Å². The Balaban J connectivity index is 2.91. The monoisotopic (exact) mass is 232 g/mol. The van der Waals surface area contributed by atoms with Crippen LogP contribution in [0, 0.1) is 0 Å². The SMILES string of the molecule is O=CCCc1c(S)cccc1OC(F)F. The van der Waals surface area contributed by atoms with Crippen molar-refractivity contribution in [2.75, 3.05) is 0 Å². The van der Waals surface area contributed by atoms with Crippen molar-refractivity contribution >= 4 is 18.9 Å². The van der Waals surface area contributed by atoms with Crippen LogP contribution in [0.25, 0.3) is 0 Å². The van der Waals surface area contributed by atoms with Crippen LogP contribution in [0.3, 0.4) is 0 Å². The summed E-state index contributed by atoms with van der Waals surface area (Å²) >= 11 is 4.12. The Bertz CT molecular complexity index is 342. The molecule has 0 N–H and O–H groups in total. The second-order valence-electron chi connectivity index (χ2n) is 2.84. The van der Waals surface area contributed by atoms with E-state index in [1.54, 1.807) is 12.1 Å². The number of halogens is 2. The van der Waals surface area contributed by atoms with Gasteiger partial charge in [0.25, 0.3) is 0 Å². The number of rotatable bonds is 5. The number of benzene rings is 1. The molecule has 1 aromatic carbocycles. The number of aldehydes is 1. The predicted octanol–water partition coefficient (Wildman–Crippen LogP) is 2.71. The Labute approximate surface area is 91.7 Å². The van der Waals surface area contributed by atoms with E-state index in [-0.39, 0.29) is 12.2 Å². The third kappa shape index (κ3) is 3.51. The van der Waals surface area contributed by atoms with E-state index >= 15 is 0 Å². The number of carbonyl (C=O) groups excluding carboxylic acids is 1. The molecule has 5 heteroatoms. The van der Waals surface area contributed by atoms with Crippen molar-refractivity contribution in [1.29, 1.82) is 0 Å². The fourth-order valence-electron chi connectivity index (χ4n) is 1.21. The van der Waals surface area contributed by atoms with Crippen molar-refractivity contribution in [2.24, 2.45) is 0 Å². The molecule has 0 bridgehead atoms. The third-order valence-electron chi connectivity index (χ3n) is 1.84. The molecule has 2 nitrogen and oxygen atoms in total. The minimum atomic E-state index is -2.87. The number of thiol groups is 1. The first kappa shape index (κ1) is 12.0. The minimum Gasteiger partial charge on any atom is -0.435 e. The summed E-state index contributed by atoms with van der Waals surface area (Å²) in [4.78, 5) is 10.8. The van der Waals surface area contributed by atoms with Crippen LogP contribution in [0.2, 0.25) is 0 Å². The van der Waals surface area contributed by atoms with Gasteiger partial charge in [0.2, 0.25) is 0 Å². The number of hydrogen-bond donors (Lipinski definition) is 1. The summed E-state index contributed by atoms with van der Waals surface area (Å²) in [5, 5.41) is 0. The zero-order chi connectivity index (χ0) is 11.3. The van der Waals surface area contributed by atoms with Crippen molar-refractivity contribution in [3.05, 3.63) is 23.8 Å². The normalized spacial score (nSPS) is 10.4. The van der Waals surface area contributed by atoms with Crippen molar-refractivity contribution in [3.63, 3.8) is 0 Å². The summed E-state index contributed by atoms with van der Waals surface area (Å²) in [5.74, 6) is 0.0827. The highest BCUT2D eigenvalue weighted by molar-refractivity contribution is 7.80. The summed E-state index contributed by atoms with van der Waals surface area (Å²) in [5.41, 5.74) is 0.535. The maximum absolute atomic E-state index is 12.0. The molecule has 0 aromatic heterocycles. The van der Waals surface area contributed by atoms with E-state index < -0.39 is 6.61 Å². The van der Waals surface area contributed by atoms with E-state index in [9.17, 15) is 13.6 Å². The molecule has 1 aromatic rings. The number of hydrogen-bond acceptors (Lipinski definition) is 3. The Hall–Kier alpha value is -1.10. The van der Waals surface area contributed by atoms with E-state index in [1.165, 1.54) is 6.07 Å². The van der Waals surface area contributed by atoms with Crippen LogP contribution >= 0.6 is 12.6 Å². The fraction of sp³-hybridized carbons (Fsp3) is 0.300. The van der Waals surface area contributed by atoms with Gasteiger partial charge in [-0.3, -0.25) is 0 Å². The first-order valence-corrected chi connectivity index (χ1v) is 4.79. The molecule has 0 radical (unpaired) electrons. The summed E-state index contributed by atoms with van der Waals surface area (Å²) in [6, 6.07) is 4.68. The lowest BCUT2D eigenvalue weighted by Crippen LogP contribution is -2.05. The van der Waals surface area contributed by atoms with Gasteiger partial charge in [-0.2, -0.15) is 8.78 Å². The molecule has 0 heterocycles. The molecule has 0 aliphatic carbocycles. The fourth-order valence-corrected chi connectivity index (χ4v) is 1.52. The highest BCUT2D eigenvalue weighted by Crippen LogP contribution is 2.27. The molecule has 0 spiro atoms. The summed E-state index contributed by atoms with van der Waals surface area (Å²) in [7, 11) is 0. The van der Waals surface area contributed by atoms with Crippen molar-refractivity contribution < 1.29 is 18.3 Å². The largest absolute Gasteiger partial charge is 0.435 e. The molecule has 0 saturated heterocycles. The first-order valence-electron chi connectivity index (χ1n) is 4.34. The van der Waals surface area contributed by atoms with Gasteiger partial charge >= 0.3 is 6.61 Å². The van der Waals surface area contributed by atoms with E-state index in [0.717, 1.165) is 6.29 Å². The van der Waals surface area contributed by atoms with Crippen LogP contribution in [0.5, 0.6) is 5.75 Å². The van der Waals surface area contributed by atoms with Crippen molar-refractivity contribution in [1.82, 2.24) is 0 Å². The van der Waals surface area contributed by atoms with E-state index in [4.69, 9.17) is 0 Å². The van der Waals surface area contributed by atoms with Gasteiger partial charge in [0.15, 0.2) is 0 Å². The molecule has 0 aliphatic rings. The molecule has 15 heavy (non-hydrogen) atoms. The first-order chi connectivity index (χ1) is 7.15. The maximum atomic E-state index is 12.0. The lowest BCUT2D eigenvalue weighted by molar-refractivity contribution is -0.107. The Morgan fingerprint density at radius 2 is 2.20 bits per heavy atom. The standard InChI is InChI=1S/C10H10F2O2S/c11-10(12)14-8-4-1-5-9(15)7(8)3-2-6-13/h1,4-6,10,15H,2-3H2. The van der Waals surface area contributed by atoms with Gasteiger partial charge < -0.3 is 9.53 Å². The Morgan fingerprint density at radius 3 is 2.80 bits per heavy atom. The second-order valence-corrected chi connectivity index (χ2v) is 3.32. The molecule has 0 unspecified atom stereocenters. The Morgan fingerprint density at radius 1 is 1.47 bits per heavy atom. The van der Waals surface area contributed by atoms with E-state index in [0.29, 0.717) is 16.9 Å². The van der Waals surface area contributed by atoms with Gasteiger partial charge in [0.1, 0.15) is 12.0 Å². The lowest BCUT2D eigenvalue weighted by Gasteiger charge is -2.11. The molecule has 0 aliphatic heterocycles. The molecule has 82 valence electrons. The molecule has 0 fully saturated rings. The van der Waals surface area contributed by atoms with Gasteiger partial charge in [0, 0.05) is 16.9 Å². The summed E-state index contributed by atoms with van der Waals surface area (Å²) < 4.78 is 28.4. The maximum Gasteiger partial charge on any atom is 0.387 e. The van der Waals surface area contributed by atoms with Crippen molar-refractivity contribution in [2.45, 2.75) is 24.3 Å². The quantitative estimate of drug-likeness (QED) is 0.624. The van der Waals surface area contributed by atoms with Gasteiger partial charge in [-0.05, 0) is 18.6 Å². The third-order valence-corrected chi connectivity index (χ3v) is 2.26. The van der Waals surface area contributed by atoms with Gasteiger partial charge in [-0.15, -0.1) is 12.6 Å². The minimum absolute atomic E-state index is 0.0827. The molecule has 1 rings (SSSR count). The average molecular weight is 232 g/mol. The van der Waals surface area contributed by atoms with Gasteiger partial charge in [-0.1, -0.05) is 6.07 Å². The van der Waals surface area contributed by atoms with Gasteiger partial charge in [0.05, 0.1) is 0 Å². The Kier molecular flexibility index (Phi) is 4.55. The summed E-state index contributed by atoms with van der Waals surface area (Å²) in [6.45, 7) is -2.87. The van der Waals surface area contributed by atoms with E-state index in [1.807, 2.05) is 0 Å². The topological polar surface area (TPSA) is 26.3 Å². The van der Waals surface area contributed by atoms with Crippen LogP contribution < -0.4 is 4.74 Å². The molecular weight excluding hydrogens is 222 g/mol. The van der Waals surface area contributed by atoms with Crippen LogP contribution in [-0.2, 0) is 11.2 Å². The zero-order valence-electron chi connectivity index (χ0n) is 7.82. The van der Waals surface area contributed by atoms with E-state index in [2.05, 4.69) is 17.4 Å². The highest BCUT2D eigenvalue weighted by Gasteiger charge is 2.11. The predicted molar refractivity (Wildman–Crippen MR) is 54.7 cm³/mol. The molecule has 0 atom stereocenters. The van der Waals surface area contributed by atoms with Crippen LogP contribution in [-0.4, -0.2) is 12.9 Å². The highest BCUT2D eigenvalue weighted by atomic mass is 32.1. The number of ether oxygens (including phenoxy) is 1. The van der Waals surface area contributed by atoms with Crippen molar-refractivity contribution in [3.8, 4) is 5.75 Å². The molecule has 0 saturated carbocycles. The average Bonchev–Trinajstić information content (AvgIpc) is 2.16. The lowest BCUT2D eigenvalue weighted by atomic mass is 10.1. The number of alkyl halides is 2. The number of carbonyl (C=O) groups is 1. The van der Waals surface area contributed by atoms with Crippen LogP contribution in [0.4, 0.5) is 8.78 Å². The summed E-state index contributed by atoms with van der Waals surface area (Å²) in [6.07, 6.45) is 1.34. The molecular formula is C10H10F2O2S. The zero-order valence-corrected chi connectivity index (χ0v) is 8.72. The molecule has 0 amide bonds. The smallest absolute Gasteiger partial charge is 0.387 e. The second kappa shape index (κ2) is 5.70. The van der Waals surface area contributed by atoms with Crippen LogP contribution in [0.1, 0.15) is 12.0 Å². The van der Waals surface area contributed by atoms with Crippen LogP contribution in [0.15, 0.2) is 23.1 Å².